The topological polar surface area (TPSA) is 189 Å². The summed E-state index contributed by atoms with van der Waals surface area (Å²) in [6.45, 7) is 11.7. The minimum atomic E-state index is -0.965. The van der Waals surface area contributed by atoms with Crippen molar-refractivity contribution in [2.75, 3.05) is 79.2 Å². The van der Waals surface area contributed by atoms with E-state index in [1.165, 1.54) is 44.9 Å². The van der Waals surface area contributed by atoms with Crippen LogP contribution < -0.4 is 39.0 Å². The number of hydrogen-bond acceptors (Lipinski definition) is 12. The number of esters is 1. The summed E-state index contributed by atoms with van der Waals surface area (Å²) in [5.74, 6) is 1.41. The first kappa shape index (κ1) is 50.8. The van der Waals surface area contributed by atoms with Crippen molar-refractivity contribution in [2.24, 2.45) is 0 Å². The van der Waals surface area contributed by atoms with E-state index < -0.39 is 5.97 Å². The fourth-order valence-corrected chi connectivity index (χ4v) is 7.83. The third-order valence-corrected chi connectivity index (χ3v) is 11.2. The summed E-state index contributed by atoms with van der Waals surface area (Å²) >= 11 is 0. The van der Waals surface area contributed by atoms with E-state index in [0.29, 0.717) is 35.2 Å². The predicted molar refractivity (Wildman–Crippen MR) is 231 cm³/mol. The van der Waals surface area contributed by atoms with E-state index in [4.69, 9.17) is 24.6 Å². The maximum absolute atomic E-state index is 12.8. The number of ether oxygens (including phenoxy) is 3. The molecule has 0 bridgehead atoms. The van der Waals surface area contributed by atoms with Crippen molar-refractivity contribution in [1.82, 2.24) is 19.6 Å². The minimum Gasteiger partial charge on any atom is -0.870 e. The van der Waals surface area contributed by atoms with Crippen molar-refractivity contribution < 1.29 is 83.7 Å². The van der Waals surface area contributed by atoms with Crippen LogP contribution in [0.1, 0.15) is 85.2 Å². The van der Waals surface area contributed by atoms with Crippen molar-refractivity contribution in [3.63, 3.8) is 0 Å². The van der Waals surface area contributed by atoms with E-state index in [2.05, 4.69) is 14.7 Å². The quantitative estimate of drug-likeness (QED) is 0.0852. The Kier molecular flexibility index (Phi) is 20.5. The molecular formula is C47H57N4NaO11. The van der Waals surface area contributed by atoms with E-state index in [1.807, 2.05) is 40.1 Å². The fourth-order valence-electron chi connectivity index (χ4n) is 7.83. The first-order valence-corrected chi connectivity index (χ1v) is 21.1. The van der Waals surface area contributed by atoms with Crippen LogP contribution in [-0.2, 0) is 22.5 Å². The van der Waals surface area contributed by atoms with Gasteiger partial charge in [-0.05, 0) is 168 Å². The number of likely N-dealkylation sites (tertiary alicyclic amines) is 2. The van der Waals surface area contributed by atoms with Gasteiger partial charge in [0.05, 0.1) is 24.8 Å². The first-order valence-electron chi connectivity index (χ1n) is 21.1. The van der Waals surface area contributed by atoms with Crippen LogP contribution in [0.15, 0.2) is 84.9 Å². The zero-order valence-electron chi connectivity index (χ0n) is 36.5. The monoisotopic (exact) mass is 876 g/mol. The van der Waals surface area contributed by atoms with Crippen molar-refractivity contribution >= 4 is 23.8 Å². The van der Waals surface area contributed by atoms with Gasteiger partial charge in [0.25, 0.3) is 11.8 Å². The van der Waals surface area contributed by atoms with E-state index in [1.54, 1.807) is 49.4 Å². The molecule has 4 aromatic rings. The number of methoxy groups -OCH3 is 1. The summed E-state index contributed by atoms with van der Waals surface area (Å²) in [4.78, 5) is 60.4. The normalized spacial score (nSPS) is 15.6. The average molecular weight is 877 g/mol. The number of carbonyl (C=O) groups is 4. The van der Waals surface area contributed by atoms with Gasteiger partial charge in [-0.1, -0.05) is 0 Å². The fraction of sp³-hybridized carbons (Fsp3) is 0.404. The second-order valence-corrected chi connectivity index (χ2v) is 15.3. The van der Waals surface area contributed by atoms with Crippen molar-refractivity contribution in [3.8, 4) is 23.0 Å². The Bertz CT molecular complexity index is 2110. The maximum Gasteiger partial charge on any atom is 1.00 e. The molecule has 0 spiro atoms. The van der Waals surface area contributed by atoms with Gasteiger partial charge >= 0.3 is 41.5 Å². The third-order valence-electron chi connectivity index (χ3n) is 11.2. The number of fused-ring (bicyclic) bond motifs is 2. The van der Waals surface area contributed by atoms with E-state index in [-0.39, 0.29) is 58.4 Å². The molecule has 16 heteroatoms. The summed E-state index contributed by atoms with van der Waals surface area (Å²) in [7, 11) is 1.36. The largest absolute Gasteiger partial charge is 1.00 e. The van der Waals surface area contributed by atoms with Gasteiger partial charge in [-0.3, -0.25) is 14.8 Å². The molecule has 0 unspecified atom stereocenters. The number of nitrogens with zero attached hydrogens (tertiary/aromatic N) is 4. The van der Waals surface area contributed by atoms with Crippen molar-refractivity contribution in [2.45, 2.75) is 45.4 Å². The van der Waals surface area contributed by atoms with Crippen LogP contribution in [0.4, 0.5) is 0 Å². The van der Waals surface area contributed by atoms with Crippen LogP contribution in [0.25, 0.3) is 0 Å². The van der Waals surface area contributed by atoms with Crippen molar-refractivity contribution in [3.05, 3.63) is 118 Å². The van der Waals surface area contributed by atoms with E-state index in [9.17, 15) is 19.2 Å². The summed E-state index contributed by atoms with van der Waals surface area (Å²) in [5.41, 5.74) is 4.24. The number of carboxylic acid groups (broad SMARTS) is 1. The number of benzene rings is 4. The summed E-state index contributed by atoms with van der Waals surface area (Å²) in [5, 5.41) is 16.3. The second kappa shape index (κ2) is 25.5. The number of carboxylic acids is 1. The molecule has 332 valence electrons. The van der Waals surface area contributed by atoms with Gasteiger partial charge in [0.2, 0.25) is 0 Å². The smallest absolute Gasteiger partial charge is 0.870 e. The number of aromatic carboxylic acids is 1. The van der Waals surface area contributed by atoms with E-state index >= 15 is 0 Å². The molecule has 4 aromatic carbocycles. The molecule has 4 aliphatic rings. The van der Waals surface area contributed by atoms with Gasteiger partial charge in [0.1, 0.15) is 23.0 Å². The van der Waals surface area contributed by atoms with Gasteiger partial charge in [0.15, 0.2) is 0 Å². The number of amides is 2. The molecule has 0 radical (unpaired) electrons. The molecule has 2 fully saturated rings. The molecule has 3 N–H and O–H groups in total. The SMILES string of the molecule is CCOO.COC(=O)c1ccc(Oc2ccc3c(c2)CCN(CCN2CCCC2)C3=O)cc1.O=C(O)c1ccc(Oc2ccc3c(c2)CCN(CCN2CCCC2)C3=O)cc1.[Na+].[OH-]. The molecular weight excluding hydrogens is 820 g/mol. The third kappa shape index (κ3) is 14.3. The Balaban J connectivity index is 0.000000248. The molecule has 15 nitrogen and oxygen atoms in total. The molecule has 8 rings (SSSR count). The zero-order valence-corrected chi connectivity index (χ0v) is 38.5. The molecule has 4 aliphatic heterocycles. The molecule has 0 saturated carbocycles. The van der Waals surface area contributed by atoms with Crippen LogP contribution in [0.3, 0.4) is 0 Å². The average Bonchev–Trinajstić information content (AvgIpc) is 4.02. The molecule has 0 aliphatic carbocycles. The Morgan fingerprint density at radius 1 is 0.587 bits per heavy atom. The van der Waals surface area contributed by atoms with Crippen LogP contribution in [0.2, 0.25) is 0 Å². The molecule has 4 heterocycles. The zero-order chi connectivity index (χ0) is 43.1. The van der Waals surface area contributed by atoms with Crippen LogP contribution in [0.5, 0.6) is 23.0 Å². The maximum atomic E-state index is 12.8. The Hall–Kier alpha value is -4.84. The Morgan fingerprint density at radius 2 is 0.968 bits per heavy atom. The van der Waals surface area contributed by atoms with Gasteiger partial charge in [-0.25, -0.2) is 14.5 Å². The number of carbonyl (C=O) groups excluding carboxylic acids is 3. The van der Waals surface area contributed by atoms with Crippen molar-refractivity contribution in [1.29, 1.82) is 0 Å². The first-order chi connectivity index (χ1) is 29.6. The predicted octanol–water partition coefficient (Wildman–Crippen LogP) is 3.95. The Labute approximate surface area is 391 Å². The standard InChI is InChI=1S/C23H26N2O4.C22H24N2O4.C2H6O2.Na.H2O/c1-28-23(27)17-4-6-19(7-5-17)29-20-8-9-21-18(16-20)10-13-25(22(21)26)15-14-24-11-2-3-12-24;25-21-20-8-7-19(28-18-5-3-16(4-6-18)22(26)27)15-17(20)9-12-24(21)14-13-23-10-1-2-11-23;1-2-4-3;;/h4-9,16H,2-3,10-15H2,1H3;3-8,15H,1-2,9-14H2,(H,26,27);3H,2H2,1H3;;1H2/q;;;+1;/p-1. The molecule has 63 heavy (non-hydrogen) atoms. The van der Waals surface area contributed by atoms with E-state index in [0.717, 1.165) is 101 Å². The van der Waals surface area contributed by atoms with Crippen LogP contribution in [0, 0.1) is 0 Å². The number of hydrogen-bond donors (Lipinski definition) is 2. The van der Waals surface area contributed by atoms with Gasteiger partial charge in [-0.2, -0.15) is 0 Å². The minimum absolute atomic E-state index is 0. The molecule has 2 saturated heterocycles. The Morgan fingerprint density at radius 3 is 1.33 bits per heavy atom. The molecule has 0 aromatic heterocycles. The molecule has 0 atom stereocenters. The van der Waals surface area contributed by atoms with Gasteiger partial charge < -0.3 is 44.4 Å². The van der Waals surface area contributed by atoms with Crippen LogP contribution >= 0.6 is 0 Å². The van der Waals surface area contributed by atoms with Gasteiger partial charge in [-0.15, -0.1) is 0 Å². The summed E-state index contributed by atoms with van der Waals surface area (Å²) in [6.07, 6.45) is 6.71. The summed E-state index contributed by atoms with van der Waals surface area (Å²) < 4.78 is 16.4. The summed E-state index contributed by atoms with van der Waals surface area (Å²) in [6, 6.07) is 24.3. The number of rotatable bonds is 13. The van der Waals surface area contributed by atoms with Crippen LogP contribution in [-0.4, -0.2) is 138 Å². The van der Waals surface area contributed by atoms with Gasteiger partial charge in [0, 0.05) is 50.4 Å². The second-order valence-electron chi connectivity index (χ2n) is 15.3. The molecule has 2 amide bonds.